The number of hydrogen-bond donors (Lipinski definition) is 0. The second kappa shape index (κ2) is 6.53. The van der Waals surface area contributed by atoms with E-state index in [2.05, 4.69) is 24.8 Å². The largest absolute Gasteiger partial charge is 0.465 e. The lowest BCUT2D eigenvalue weighted by Crippen LogP contribution is -2.31. The number of esters is 1. The van der Waals surface area contributed by atoms with Gasteiger partial charge < -0.3 is 8.57 Å². The second-order valence-corrected chi connectivity index (χ2v) is 2.77. The molecule has 5 nitrogen and oxygen atoms in total. The highest BCUT2D eigenvalue weighted by Gasteiger charge is 2.32. The number of hydrogen-bond acceptors (Lipinski definition) is 5. The third-order valence-electron chi connectivity index (χ3n) is 1.57. The van der Waals surface area contributed by atoms with Crippen LogP contribution in [0.2, 0.25) is 0 Å². The third kappa shape index (κ3) is 3.45. The Morgan fingerprint density at radius 2 is 1.86 bits per heavy atom. The fourth-order valence-corrected chi connectivity index (χ4v) is 1.04. The van der Waals surface area contributed by atoms with Gasteiger partial charge in [-0.1, -0.05) is 6.92 Å². The molecule has 1 unspecified atom stereocenters. The summed E-state index contributed by atoms with van der Waals surface area (Å²) < 4.78 is 8.67. The SMILES string of the molecule is CCOC(=O)C(CC)C(=O)C(=O)OBr. The van der Waals surface area contributed by atoms with E-state index in [1.165, 1.54) is 0 Å². The molecule has 6 heteroatoms. The number of rotatable bonds is 5. The molecule has 14 heavy (non-hydrogen) atoms. The van der Waals surface area contributed by atoms with Crippen molar-refractivity contribution in [3.05, 3.63) is 0 Å². The minimum atomic E-state index is -1.09. The molecule has 0 radical (unpaired) electrons. The number of Topliss-reactive ketones (excluding diaryl/α,β-unsaturated/α-hetero) is 1. The molecule has 0 saturated heterocycles. The van der Waals surface area contributed by atoms with E-state index >= 15 is 0 Å². The van der Waals surface area contributed by atoms with E-state index in [0.29, 0.717) is 0 Å². The van der Waals surface area contributed by atoms with Gasteiger partial charge in [0.05, 0.1) is 6.61 Å². The Morgan fingerprint density at radius 3 is 2.21 bits per heavy atom. The Morgan fingerprint density at radius 1 is 1.29 bits per heavy atom. The first-order chi connectivity index (χ1) is 6.58. The van der Waals surface area contributed by atoms with Crippen molar-refractivity contribution in [3.63, 3.8) is 0 Å². The van der Waals surface area contributed by atoms with Gasteiger partial charge in [-0.15, -0.1) is 0 Å². The van der Waals surface area contributed by atoms with Crippen molar-refractivity contribution in [2.45, 2.75) is 20.3 Å². The molecule has 0 aliphatic heterocycles. The van der Waals surface area contributed by atoms with Crippen molar-refractivity contribution in [2.24, 2.45) is 5.92 Å². The van der Waals surface area contributed by atoms with Crippen molar-refractivity contribution in [2.75, 3.05) is 6.61 Å². The molecule has 0 fully saturated rings. The van der Waals surface area contributed by atoms with Gasteiger partial charge in [-0.05, 0) is 13.3 Å². The van der Waals surface area contributed by atoms with E-state index < -0.39 is 23.6 Å². The summed E-state index contributed by atoms with van der Waals surface area (Å²) in [4.78, 5) is 33.2. The van der Waals surface area contributed by atoms with Crippen LogP contribution >= 0.6 is 16.3 Å². The van der Waals surface area contributed by atoms with Crippen molar-refractivity contribution < 1.29 is 22.9 Å². The predicted molar refractivity (Wildman–Crippen MR) is 50.4 cm³/mol. The first-order valence-corrected chi connectivity index (χ1v) is 4.76. The molecule has 0 amide bonds. The number of ketones is 1. The van der Waals surface area contributed by atoms with Gasteiger partial charge in [0.1, 0.15) is 5.92 Å². The maximum Gasteiger partial charge on any atom is 0.387 e. The van der Waals surface area contributed by atoms with Crippen LogP contribution in [0.1, 0.15) is 20.3 Å². The van der Waals surface area contributed by atoms with E-state index in [-0.39, 0.29) is 13.0 Å². The molecule has 0 aliphatic rings. The Bertz CT molecular complexity index is 238. The average Bonchev–Trinajstić information content (AvgIpc) is 2.18. The quantitative estimate of drug-likeness (QED) is 0.422. The molecule has 0 saturated carbocycles. The Kier molecular flexibility index (Phi) is 6.11. The first kappa shape index (κ1) is 13.1. The van der Waals surface area contributed by atoms with Crippen LogP contribution in [0.3, 0.4) is 0 Å². The van der Waals surface area contributed by atoms with E-state index in [1.54, 1.807) is 13.8 Å². The van der Waals surface area contributed by atoms with Crippen LogP contribution in [0.4, 0.5) is 0 Å². The van der Waals surface area contributed by atoms with E-state index in [1.807, 2.05) is 0 Å². The molecule has 0 aromatic rings. The van der Waals surface area contributed by atoms with Crippen LogP contribution in [0.25, 0.3) is 0 Å². The summed E-state index contributed by atoms with van der Waals surface area (Å²) in [6.45, 7) is 3.41. The van der Waals surface area contributed by atoms with Gasteiger partial charge in [0.2, 0.25) is 0 Å². The smallest absolute Gasteiger partial charge is 0.387 e. The summed E-state index contributed by atoms with van der Waals surface area (Å²) in [5, 5.41) is 0. The summed E-state index contributed by atoms with van der Waals surface area (Å²) in [5.74, 6) is -3.76. The topological polar surface area (TPSA) is 69.7 Å². The summed E-state index contributed by atoms with van der Waals surface area (Å²) in [5.41, 5.74) is 0. The summed E-state index contributed by atoms with van der Waals surface area (Å²) in [6.07, 6.45) is 0.208. The molecule has 0 aliphatic carbocycles. The maximum atomic E-state index is 11.2. The van der Waals surface area contributed by atoms with E-state index in [4.69, 9.17) is 0 Å². The molecule has 0 heterocycles. The highest BCUT2D eigenvalue weighted by atomic mass is 79.9. The number of ether oxygens (including phenoxy) is 1. The van der Waals surface area contributed by atoms with E-state index in [0.717, 1.165) is 0 Å². The molecular formula is C8H11BrO5. The average molecular weight is 267 g/mol. The fraction of sp³-hybridized carbons (Fsp3) is 0.625. The lowest BCUT2D eigenvalue weighted by Gasteiger charge is -2.09. The molecule has 0 aromatic heterocycles. The Balaban J connectivity index is 4.47. The molecule has 0 rings (SSSR count). The molecule has 0 bridgehead atoms. The van der Waals surface area contributed by atoms with E-state index in [9.17, 15) is 14.4 Å². The number of carbonyl (C=O) groups excluding carboxylic acids is 3. The molecule has 0 N–H and O–H groups in total. The van der Waals surface area contributed by atoms with Crippen molar-refractivity contribution in [1.82, 2.24) is 0 Å². The highest BCUT2D eigenvalue weighted by molar-refractivity contribution is 9.06. The minimum Gasteiger partial charge on any atom is -0.465 e. The zero-order chi connectivity index (χ0) is 11.1. The van der Waals surface area contributed by atoms with Crippen LogP contribution in [-0.4, -0.2) is 24.3 Å². The van der Waals surface area contributed by atoms with Gasteiger partial charge in [-0.25, -0.2) is 4.79 Å². The van der Waals surface area contributed by atoms with Crippen LogP contribution in [0.15, 0.2) is 0 Å². The normalized spacial score (nSPS) is 11.6. The Labute approximate surface area is 90.2 Å². The van der Waals surface area contributed by atoms with Gasteiger partial charge in [0.15, 0.2) is 16.3 Å². The molecule has 0 spiro atoms. The first-order valence-electron chi connectivity index (χ1n) is 4.11. The summed E-state index contributed by atoms with van der Waals surface area (Å²) in [6, 6.07) is 0. The standard InChI is InChI=1S/C8H11BrO5/c1-3-5(7(11)13-4-2)6(10)8(12)14-9/h5H,3-4H2,1-2H3. The second-order valence-electron chi connectivity index (χ2n) is 2.44. The van der Waals surface area contributed by atoms with Crippen molar-refractivity contribution in [1.29, 1.82) is 0 Å². The van der Waals surface area contributed by atoms with Crippen LogP contribution in [0.5, 0.6) is 0 Å². The van der Waals surface area contributed by atoms with Gasteiger partial charge in [-0.2, -0.15) is 0 Å². The number of carbonyl (C=O) groups is 3. The van der Waals surface area contributed by atoms with Gasteiger partial charge in [0, 0.05) is 0 Å². The highest BCUT2D eigenvalue weighted by Crippen LogP contribution is 2.09. The van der Waals surface area contributed by atoms with Crippen molar-refractivity contribution in [3.8, 4) is 0 Å². The fourth-order valence-electron chi connectivity index (χ4n) is 0.882. The monoisotopic (exact) mass is 266 g/mol. The molecule has 80 valence electrons. The minimum absolute atomic E-state index is 0.173. The third-order valence-corrected chi connectivity index (χ3v) is 1.86. The van der Waals surface area contributed by atoms with Crippen LogP contribution < -0.4 is 0 Å². The summed E-state index contributed by atoms with van der Waals surface area (Å²) >= 11 is 2.38. The zero-order valence-corrected chi connectivity index (χ0v) is 9.50. The lowest BCUT2D eigenvalue weighted by atomic mass is 10.0. The predicted octanol–water partition coefficient (Wildman–Crippen LogP) is 0.998. The van der Waals surface area contributed by atoms with Crippen LogP contribution in [0, 0.1) is 5.92 Å². The lowest BCUT2D eigenvalue weighted by molar-refractivity contribution is -0.157. The molecular weight excluding hydrogens is 256 g/mol. The maximum absolute atomic E-state index is 11.2. The van der Waals surface area contributed by atoms with Gasteiger partial charge >= 0.3 is 11.9 Å². The Hall–Kier alpha value is -0.910. The zero-order valence-electron chi connectivity index (χ0n) is 7.91. The molecule has 1 atom stereocenters. The molecule has 0 aromatic carbocycles. The summed E-state index contributed by atoms with van der Waals surface area (Å²) in [7, 11) is 0. The van der Waals surface area contributed by atoms with Crippen LogP contribution in [-0.2, 0) is 22.9 Å². The van der Waals surface area contributed by atoms with Gasteiger partial charge in [-0.3, -0.25) is 9.59 Å². The van der Waals surface area contributed by atoms with Crippen molar-refractivity contribution >= 4 is 34.0 Å². The van der Waals surface area contributed by atoms with Gasteiger partial charge in [0.25, 0.3) is 5.78 Å². The number of halogens is 1.